The second kappa shape index (κ2) is 7.70. The number of nitrogens with zero attached hydrogens (tertiary/aromatic N) is 2. The van der Waals surface area contributed by atoms with E-state index in [1.54, 1.807) is 4.68 Å². The Hall–Kier alpha value is -2.34. The van der Waals surface area contributed by atoms with Gasteiger partial charge in [0.15, 0.2) is 0 Å². The largest absolute Gasteiger partial charge is 0.491 e. The van der Waals surface area contributed by atoms with Crippen LogP contribution in [0.5, 0.6) is 5.75 Å². The second-order valence-electron chi connectivity index (χ2n) is 6.67. The Kier molecular flexibility index (Phi) is 5.38. The molecule has 134 valence electrons. The van der Waals surface area contributed by atoms with E-state index in [0.29, 0.717) is 6.54 Å². The Morgan fingerprint density at radius 3 is 2.80 bits per heavy atom. The minimum atomic E-state index is -0.0970. The van der Waals surface area contributed by atoms with Crippen LogP contribution in [-0.2, 0) is 11.8 Å². The topological polar surface area (TPSA) is 68.2 Å². The Labute approximate surface area is 148 Å². The van der Waals surface area contributed by atoms with E-state index in [1.807, 2.05) is 50.6 Å². The molecule has 1 aliphatic heterocycles. The summed E-state index contributed by atoms with van der Waals surface area (Å²) in [5, 5.41) is 10.6. The van der Waals surface area contributed by atoms with Crippen LogP contribution in [0.1, 0.15) is 31.7 Å². The highest BCUT2D eigenvalue weighted by molar-refractivity contribution is 5.93. The molecule has 1 fully saturated rings. The molecule has 6 nitrogen and oxygen atoms in total. The number of ether oxygens (including phenoxy) is 1. The number of benzene rings is 1. The van der Waals surface area contributed by atoms with Crippen molar-refractivity contribution in [2.45, 2.75) is 32.3 Å². The van der Waals surface area contributed by atoms with Crippen molar-refractivity contribution in [3.8, 4) is 5.75 Å². The average Bonchev–Trinajstić information content (AvgIpc) is 3.25. The molecule has 2 heterocycles. The van der Waals surface area contributed by atoms with E-state index in [1.165, 1.54) is 0 Å². The molecule has 1 unspecified atom stereocenters. The first-order chi connectivity index (χ1) is 12.1. The number of aryl methyl sites for hydroxylation is 1. The van der Waals surface area contributed by atoms with Crippen LogP contribution in [0.4, 0.5) is 5.69 Å². The van der Waals surface area contributed by atoms with E-state index < -0.39 is 0 Å². The normalized spacial score (nSPS) is 21.1. The van der Waals surface area contributed by atoms with Gasteiger partial charge in [-0.25, -0.2) is 0 Å². The molecular formula is C19H26N4O2. The van der Waals surface area contributed by atoms with E-state index in [-0.39, 0.29) is 23.8 Å². The first kappa shape index (κ1) is 17.5. The summed E-state index contributed by atoms with van der Waals surface area (Å²) in [7, 11) is 1.89. The smallest absolute Gasteiger partial charge is 0.229 e. The molecule has 0 spiro atoms. The number of carbonyl (C=O) groups is 1. The maximum atomic E-state index is 12.7. The fraction of sp³-hybridized carbons (Fsp3) is 0.474. The van der Waals surface area contributed by atoms with Crippen LogP contribution in [0, 0.1) is 5.92 Å². The molecule has 2 N–H and O–H groups in total. The number of anilines is 1. The average molecular weight is 342 g/mol. The molecule has 0 bridgehead atoms. The third-order valence-electron chi connectivity index (χ3n) is 4.74. The molecule has 0 aliphatic carbocycles. The van der Waals surface area contributed by atoms with Gasteiger partial charge in [0, 0.05) is 37.9 Å². The molecule has 1 aromatic carbocycles. The molecule has 3 rings (SSSR count). The van der Waals surface area contributed by atoms with Crippen LogP contribution >= 0.6 is 0 Å². The van der Waals surface area contributed by atoms with Crippen LogP contribution in [-0.4, -0.2) is 34.9 Å². The van der Waals surface area contributed by atoms with Crippen LogP contribution in [0.15, 0.2) is 36.7 Å². The molecule has 1 aliphatic rings. The Bertz CT molecular complexity index is 710. The van der Waals surface area contributed by atoms with E-state index in [9.17, 15) is 4.79 Å². The minimum Gasteiger partial charge on any atom is -0.491 e. The van der Waals surface area contributed by atoms with Gasteiger partial charge in [0.05, 0.1) is 18.2 Å². The zero-order valence-corrected chi connectivity index (χ0v) is 15.0. The zero-order valence-electron chi connectivity index (χ0n) is 15.0. The first-order valence-electron chi connectivity index (χ1n) is 8.83. The van der Waals surface area contributed by atoms with Gasteiger partial charge in [0.1, 0.15) is 5.75 Å². The van der Waals surface area contributed by atoms with Crippen molar-refractivity contribution in [2.75, 3.05) is 18.4 Å². The van der Waals surface area contributed by atoms with E-state index in [0.717, 1.165) is 30.0 Å². The predicted octanol–water partition coefficient (Wildman–Crippen LogP) is 2.54. The van der Waals surface area contributed by atoms with Gasteiger partial charge in [-0.15, -0.1) is 0 Å². The molecule has 1 saturated heterocycles. The van der Waals surface area contributed by atoms with Gasteiger partial charge in [0.25, 0.3) is 0 Å². The fourth-order valence-corrected chi connectivity index (χ4v) is 3.10. The van der Waals surface area contributed by atoms with Crippen LogP contribution in [0.25, 0.3) is 0 Å². The monoisotopic (exact) mass is 342 g/mol. The third-order valence-corrected chi connectivity index (χ3v) is 4.74. The standard InChI is InChI=1S/C19H26N4O2/c1-4-13(2)25-16-7-5-15(6-8-16)22-19(24)18-11-20-10-17(18)14-9-21-23(3)12-14/h5-9,12-13,17-18,20H,4,10-11H2,1-3H3,(H,22,24)/t13?,17-,18+/m1/s1. The highest BCUT2D eigenvalue weighted by Gasteiger charge is 2.34. The van der Waals surface area contributed by atoms with Crippen molar-refractivity contribution in [1.29, 1.82) is 0 Å². The molecule has 3 atom stereocenters. The van der Waals surface area contributed by atoms with Crippen LogP contribution in [0.3, 0.4) is 0 Å². The lowest BCUT2D eigenvalue weighted by Gasteiger charge is -2.17. The lowest BCUT2D eigenvalue weighted by atomic mass is 9.90. The van der Waals surface area contributed by atoms with Crippen molar-refractivity contribution in [1.82, 2.24) is 15.1 Å². The van der Waals surface area contributed by atoms with Crippen LogP contribution in [0.2, 0.25) is 0 Å². The minimum absolute atomic E-state index is 0.0365. The lowest BCUT2D eigenvalue weighted by molar-refractivity contribution is -0.119. The number of hydrogen-bond acceptors (Lipinski definition) is 4. The molecule has 0 saturated carbocycles. The van der Waals surface area contributed by atoms with Gasteiger partial charge in [-0.05, 0) is 43.2 Å². The maximum absolute atomic E-state index is 12.7. The third kappa shape index (κ3) is 4.20. The van der Waals surface area contributed by atoms with Crippen molar-refractivity contribution >= 4 is 11.6 Å². The summed E-state index contributed by atoms with van der Waals surface area (Å²) in [5.41, 5.74) is 1.89. The number of carbonyl (C=O) groups excluding carboxylic acids is 1. The van der Waals surface area contributed by atoms with Gasteiger partial charge < -0.3 is 15.4 Å². The number of rotatable bonds is 6. The van der Waals surface area contributed by atoms with Gasteiger partial charge in [-0.3, -0.25) is 9.48 Å². The fourth-order valence-electron chi connectivity index (χ4n) is 3.10. The van der Waals surface area contributed by atoms with Crippen molar-refractivity contribution in [2.24, 2.45) is 13.0 Å². The van der Waals surface area contributed by atoms with Gasteiger partial charge in [-0.2, -0.15) is 5.10 Å². The summed E-state index contributed by atoms with van der Waals surface area (Å²) in [5.74, 6) is 0.916. The van der Waals surface area contributed by atoms with Gasteiger partial charge >= 0.3 is 0 Å². The summed E-state index contributed by atoms with van der Waals surface area (Å²) in [6.45, 7) is 5.61. The van der Waals surface area contributed by atoms with Crippen molar-refractivity contribution in [3.05, 3.63) is 42.2 Å². The highest BCUT2D eigenvalue weighted by Crippen LogP contribution is 2.29. The SMILES string of the molecule is CCC(C)Oc1ccc(NC(=O)[C@H]2CNC[C@@H]2c2cnn(C)c2)cc1. The van der Waals surface area contributed by atoms with Crippen LogP contribution < -0.4 is 15.4 Å². The molecular weight excluding hydrogens is 316 g/mol. The number of nitrogens with one attached hydrogen (secondary N) is 2. The predicted molar refractivity (Wildman–Crippen MR) is 97.8 cm³/mol. The lowest BCUT2D eigenvalue weighted by Crippen LogP contribution is -2.28. The quantitative estimate of drug-likeness (QED) is 0.846. The van der Waals surface area contributed by atoms with E-state index in [2.05, 4.69) is 22.7 Å². The summed E-state index contributed by atoms with van der Waals surface area (Å²) in [6, 6.07) is 7.56. The van der Waals surface area contributed by atoms with Gasteiger partial charge in [0.2, 0.25) is 5.91 Å². The zero-order chi connectivity index (χ0) is 17.8. The Balaban J connectivity index is 1.63. The second-order valence-corrected chi connectivity index (χ2v) is 6.67. The van der Waals surface area contributed by atoms with Gasteiger partial charge in [-0.1, -0.05) is 6.92 Å². The number of hydrogen-bond donors (Lipinski definition) is 2. The van der Waals surface area contributed by atoms with E-state index in [4.69, 9.17) is 4.74 Å². The summed E-state index contributed by atoms with van der Waals surface area (Å²) in [4.78, 5) is 12.7. The maximum Gasteiger partial charge on any atom is 0.229 e. The number of amides is 1. The molecule has 6 heteroatoms. The summed E-state index contributed by atoms with van der Waals surface area (Å²) < 4.78 is 7.54. The molecule has 2 aromatic rings. The summed E-state index contributed by atoms with van der Waals surface area (Å²) >= 11 is 0. The number of aromatic nitrogens is 2. The Morgan fingerprint density at radius 2 is 2.16 bits per heavy atom. The highest BCUT2D eigenvalue weighted by atomic mass is 16.5. The molecule has 1 aromatic heterocycles. The van der Waals surface area contributed by atoms with E-state index >= 15 is 0 Å². The molecule has 25 heavy (non-hydrogen) atoms. The molecule has 1 amide bonds. The van der Waals surface area contributed by atoms with Crippen molar-refractivity contribution in [3.63, 3.8) is 0 Å². The van der Waals surface area contributed by atoms with Crippen molar-refractivity contribution < 1.29 is 9.53 Å². The first-order valence-corrected chi connectivity index (χ1v) is 8.83. The molecule has 0 radical (unpaired) electrons. The summed E-state index contributed by atoms with van der Waals surface area (Å²) in [6.07, 6.45) is 4.98. The Morgan fingerprint density at radius 1 is 1.40 bits per heavy atom.